The largest absolute Gasteiger partial charge is 0.465 e. The molecule has 3 rings (SSSR count). The average molecular weight is 354 g/mol. The number of hydrogen-bond acceptors (Lipinski definition) is 4. The topological polar surface area (TPSA) is 58.6 Å². The van der Waals surface area contributed by atoms with E-state index in [4.69, 9.17) is 8.83 Å². The zero-order valence-electron chi connectivity index (χ0n) is 16.3. The van der Waals surface area contributed by atoms with Crippen molar-refractivity contribution >= 4 is 16.9 Å². The lowest BCUT2D eigenvalue weighted by molar-refractivity contribution is 0.0912. The summed E-state index contributed by atoms with van der Waals surface area (Å²) < 4.78 is 11.6. The summed E-state index contributed by atoms with van der Waals surface area (Å²) in [7, 11) is 3.93. The second-order valence-corrected chi connectivity index (χ2v) is 7.15. The standard InChI is InChI=1S/C21H26N2O3/c1-12-9-13(2)19-15(4)20(26-18(19)10-12)21(24)22-11-16(23(5)6)17-8-7-14(3)25-17/h7-10,16H,11H2,1-6H3,(H,22,24)/t16-/m1/s1. The molecule has 0 aliphatic heterocycles. The molecule has 0 radical (unpaired) electrons. The van der Waals surface area contributed by atoms with Crippen molar-refractivity contribution in [1.29, 1.82) is 0 Å². The summed E-state index contributed by atoms with van der Waals surface area (Å²) >= 11 is 0. The fraction of sp³-hybridized carbons (Fsp3) is 0.381. The maximum absolute atomic E-state index is 12.7. The molecule has 0 spiro atoms. The number of aryl methyl sites for hydroxylation is 4. The first-order valence-electron chi connectivity index (χ1n) is 8.79. The molecule has 0 aliphatic rings. The Kier molecular flexibility index (Phi) is 4.92. The van der Waals surface area contributed by atoms with E-state index in [1.165, 1.54) is 0 Å². The van der Waals surface area contributed by atoms with Crippen molar-refractivity contribution in [3.05, 3.63) is 58.2 Å². The van der Waals surface area contributed by atoms with Gasteiger partial charge in [-0.2, -0.15) is 0 Å². The predicted molar refractivity (Wildman–Crippen MR) is 103 cm³/mol. The summed E-state index contributed by atoms with van der Waals surface area (Å²) in [5.41, 5.74) is 3.88. The minimum absolute atomic E-state index is 0.0404. The summed E-state index contributed by atoms with van der Waals surface area (Å²) in [5.74, 6) is 1.87. The van der Waals surface area contributed by atoms with Crippen LogP contribution in [0.15, 0.2) is 33.1 Å². The SMILES string of the molecule is Cc1cc(C)c2c(C)c(C(=O)NC[C@H](c3ccc(C)o3)N(C)C)oc2c1. The van der Waals surface area contributed by atoms with Crippen LogP contribution in [0.2, 0.25) is 0 Å². The molecule has 1 N–H and O–H groups in total. The van der Waals surface area contributed by atoms with Crippen molar-refractivity contribution in [2.45, 2.75) is 33.7 Å². The van der Waals surface area contributed by atoms with E-state index >= 15 is 0 Å². The number of hydrogen-bond donors (Lipinski definition) is 1. The van der Waals surface area contributed by atoms with Gasteiger partial charge in [-0.3, -0.25) is 9.69 Å². The van der Waals surface area contributed by atoms with Crippen LogP contribution in [0.25, 0.3) is 11.0 Å². The van der Waals surface area contributed by atoms with E-state index in [0.29, 0.717) is 12.3 Å². The Balaban J connectivity index is 1.82. The number of likely N-dealkylation sites (N-methyl/N-ethyl adjacent to an activating group) is 1. The number of rotatable bonds is 5. The van der Waals surface area contributed by atoms with Crippen molar-refractivity contribution < 1.29 is 13.6 Å². The van der Waals surface area contributed by atoms with Gasteiger partial charge in [-0.25, -0.2) is 0 Å². The normalized spacial score (nSPS) is 12.7. The molecule has 5 nitrogen and oxygen atoms in total. The average Bonchev–Trinajstić information content (AvgIpc) is 3.11. The fourth-order valence-electron chi connectivity index (χ4n) is 3.45. The zero-order chi connectivity index (χ0) is 19.0. The Bertz CT molecular complexity index is 950. The van der Waals surface area contributed by atoms with Crippen molar-refractivity contribution in [2.75, 3.05) is 20.6 Å². The monoisotopic (exact) mass is 354 g/mol. The molecular weight excluding hydrogens is 328 g/mol. The van der Waals surface area contributed by atoms with Gasteiger partial charge in [-0.15, -0.1) is 0 Å². The lowest BCUT2D eigenvalue weighted by Gasteiger charge is -2.22. The van der Waals surface area contributed by atoms with Gasteiger partial charge in [-0.1, -0.05) is 6.07 Å². The highest BCUT2D eigenvalue weighted by Crippen LogP contribution is 2.29. The van der Waals surface area contributed by atoms with Crippen LogP contribution in [-0.2, 0) is 0 Å². The number of amides is 1. The summed E-state index contributed by atoms with van der Waals surface area (Å²) in [6, 6.07) is 7.92. The molecule has 2 heterocycles. The van der Waals surface area contributed by atoms with Crippen molar-refractivity contribution in [3.63, 3.8) is 0 Å². The van der Waals surface area contributed by atoms with Crippen LogP contribution in [0.5, 0.6) is 0 Å². The number of carbonyl (C=O) groups is 1. The molecular formula is C21H26N2O3. The third kappa shape index (κ3) is 3.40. The van der Waals surface area contributed by atoms with Gasteiger partial charge >= 0.3 is 0 Å². The van der Waals surface area contributed by atoms with Crippen LogP contribution in [-0.4, -0.2) is 31.4 Å². The number of fused-ring (bicyclic) bond motifs is 1. The van der Waals surface area contributed by atoms with Gasteiger partial charge in [-0.05, 0) is 71.1 Å². The quantitative estimate of drug-likeness (QED) is 0.742. The molecule has 1 aromatic carbocycles. The molecule has 1 atom stereocenters. The van der Waals surface area contributed by atoms with E-state index in [1.54, 1.807) is 0 Å². The van der Waals surface area contributed by atoms with E-state index in [1.807, 2.05) is 64.9 Å². The minimum atomic E-state index is -0.203. The molecule has 0 saturated carbocycles. The number of nitrogens with one attached hydrogen (secondary N) is 1. The Morgan fingerprint density at radius 1 is 1.12 bits per heavy atom. The Morgan fingerprint density at radius 3 is 2.46 bits per heavy atom. The molecule has 0 saturated heterocycles. The Hall–Kier alpha value is -2.53. The van der Waals surface area contributed by atoms with Gasteiger partial charge in [0.2, 0.25) is 0 Å². The summed E-state index contributed by atoms with van der Waals surface area (Å²) in [6.07, 6.45) is 0. The first-order valence-corrected chi connectivity index (χ1v) is 8.79. The highest BCUT2D eigenvalue weighted by atomic mass is 16.3. The maximum atomic E-state index is 12.7. The summed E-state index contributed by atoms with van der Waals surface area (Å²) in [5, 5.41) is 4.01. The first kappa shape index (κ1) is 18.3. The van der Waals surface area contributed by atoms with E-state index < -0.39 is 0 Å². The van der Waals surface area contributed by atoms with Crippen molar-refractivity contribution in [3.8, 4) is 0 Å². The van der Waals surface area contributed by atoms with Gasteiger partial charge in [0.05, 0.1) is 6.04 Å². The minimum Gasteiger partial charge on any atom is -0.465 e. The van der Waals surface area contributed by atoms with Crippen molar-refractivity contribution in [1.82, 2.24) is 10.2 Å². The Labute approximate surface area is 154 Å². The fourth-order valence-corrected chi connectivity index (χ4v) is 3.45. The van der Waals surface area contributed by atoms with Crippen molar-refractivity contribution in [2.24, 2.45) is 0 Å². The second kappa shape index (κ2) is 7.00. The zero-order valence-corrected chi connectivity index (χ0v) is 16.3. The summed E-state index contributed by atoms with van der Waals surface area (Å²) in [6.45, 7) is 8.35. The van der Waals surface area contributed by atoms with E-state index in [0.717, 1.165) is 39.2 Å². The van der Waals surface area contributed by atoms with Gasteiger partial charge in [0.25, 0.3) is 5.91 Å². The van der Waals surface area contributed by atoms with Crippen LogP contribution in [0.4, 0.5) is 0 Å². The van der Waals surface area contributed by atoms with Crippen LogP contribution >= 0.6 is 0 Å². The Morgan fingerprint density at radius 2 is 1.85 bits per heavy atom. The maximum Gasteiger partial charge on any atom is 0.287 e. The first-order chi connectivity index (χ1) is 12.3. The van der Waals surface area contributed by atoms with Crippen LogP contribution in [0.1, 0.15) is 44.8 Å². The van der Waals surface area contributed by atoms with E-state index in [2.05, 4.69) is 11.4 Å². The molecule has 26 heavy (non-hydrogen) atoms. The van der Waals surface area contributed by atoms with Gasteiger partial charge < -0.3 is 14.2 Å². The molecule has 0 bridgehead atoms. The lowest BCUT2D eigenvalue weighted by Crippen LogP contribution is -2.34. The van der Waals surface area contributed by atoms with Crippen LogP contribution < -0.4 is 5.32 Å². The second-order valence-electron chi connectivity index (χ2n) is 7.15. The molecule has 0 fully saturated rings. The molecule has 138 valence electrons. The van der Waals surface area contributed by atoms with Gasteiger partial charge in [0.1, 0.15) is 17.1 Å². The summed E-state index contributed by atoms with van der Waals surface area (Å²) in [4.78, 5) is 14.8. The predicted octanol–water partition coefficient (Wildman–Crippen LogP) is 4.29. The third-order valence-corrected chi connectivity index (χ3v) is 4.75. The molecule has 3 aromatic rings. The molecule has 1 amide bonds. The molecule has 0 unspecified atom stereocenters. The lowest BCUT2D eigenvalue weighted by atomic mass is 10.0. The molecule has 0 aliphatic carbocycles. The number of benzene rings is 1. The van der Waals surface area contributed by atoms with Gasteiger partial charge in [0.15, 0.2) is 5.76 Å². The highest BCUT2D eigenvalue weighted by Gasteiger charge is 2.22. The highest BCUT2D eigenvalue weighted by molar-refractivity contribution is 6.00. The smallest absolute Gasteiger partial charge is 0.287 e. The van der Waals surface area contributed by atoms with E-state index in [-0.39, 0.29) is 11.9 Å². The van der Waals surface area contributed by atoms with E-state index in [9.17, 15) is 4.79 Å². The van der Waals surface area contributed by atoms with Crippen LogP contribution in [0, 0.1) is 27.7 Å². The molecule has 2 aromatic heterocycles. The number of nitrogens with zero attached hydrogens (tertiary/aromatic N) is 1. The molecule has 5 heteroatoms. The number of carbonyl (C=O) groups excluding carboxylic acids is 1. The van der Waals surface area contributed by atoms with Crippen LogP contribution in [0.3, 0.4) is 0 Å². The third-order valence-electron chi connectivity index (χ3n) is 4.75. The number of furan rings is 2. The van der Waals surface area contributed by atoms with Gasteiger partial charge in [0, 0.05) is 17.5 Å².